The van der Waals surface area contributed by atoms with E-state index in [4.69, 9.17) is 33.2 Å². The molecule has 324 valence electrons. The fraction of sp³-hybridized carbons (Fsp3) is 0.280. The van der Waals surface area contributed by atoms with Crippen molar-refractivity contribution in [3.8, 4) is 0 Å². The average Bonchev–Trinajstić information content (AvgIpc) is 3.35. The summed E-state index contributed by atoms with van der Waals surface area (Å²) in [6, 6.07) is 54.7. The highest BCUT2D eigenvalue weighted by molar-refractivity contribution is 7.79. The third-order valence-electron chi connectivity index (χ3n) is 12.5. The van der Waals surface area contributed by atoms with Gasteiger partial charge in [-0.15, -0.1) is 0 Å². The van der Waals surface area contributed by atoms with E-state index in [2.05, 4.69) is 0 Å². The first-order valence-electron chi connectivity index (χ1n) is 21.2. The van der Waals surface area contributed by atoms with Crippen molar-refractivity contribution in [3.63, 3.8) is 0 Å². The van der Waals surface area contributed by atoms with Crippen molar-refractivity contribution in [2.45, 2.75) is 73.1 Å². The molecule has 11 nitrogen and oxygen atoms in total. The molecule has 6 aromatic rings. The maximum absolute atomic E-state index is 16.5. The van der Waals surface area contributed by atoms with Crippen molar-refractivity contribution >= 4 is 35.5 Å². The van der Waals surface area contributed by atoms with Gasteiger partial charge < -0.3 is 52.5 Å². The number of hydrogen-bond donors (Lipinski definition) is 2. The average molecular weight is 887 g/mol. The van der Waals surface area contributed by atoms with Crippen molar-refractivity contribution < 1.29 is 52.5 Å². The van der Waals surface area contributed by atoms with Gasteiger partial charge in [0.15, 0.2) is 39.4 Å². The molecule has 0 bridgehead atoms. The van der Waals surface area contributed by atoms with E-state index in [1.165, 1.54) is 0 Å². The summed E-state index contributed by atoms with van der Waals surface area (Å²) in [4.78, 5) is 0. The van der Waals surface area contributed by atoms with E-state index in [1.807, 2.05) is 84.9 Å². The lowest BCUT2D eigenvalue weighted by molar-refractivity contribution is -0.379. The predicted octanol–water partition coefficient (Wildman–Crippen LogP) is 6.17. The second-order valence-corrected chi connectivity index (χ2v) is 22.1. The summed E-state index contributed by atoms with van der Waals surface area (Å²) in [7, 11) is -7.91. The highest BCUT2D eigenvalue weighted by Crippen LogP contribution is 2.59. The van der Waals surface area contributed by atoms with Gasteiger partial charge in [0, 0.05) is 32.3 Å². The molecular weight excluding hydrogens is 838 g/mol. The van der Waals surface area contributed by atoms with Crippen molar-refractivity contribution in [2.24, 2.45) is 0 Å². The summed E-state index contributed by atoms with van der Waals surface area (Å²) in [6.07, 6.45) is -11.3. The number of hydrogen-bond acceptors (Lipinski definition) is 11. The number of aliphatic hydroxyl groups is 2. The Hall–Kier alpha value is -4.58. The fourth-order valence-electron chi connectivity index (χ4n) is 9.43. The fourth-order valence-corrected chi connectivity index (χ4v) is 16.0. The molecule has 0 radical (unpaired) electrons. The molecule has 10 rings (SSSR count). The number of ether oxygens (including phenoxy) is 7. The zero-order valence-corrected chi connectivity index (χ0v) is 35.9. The molecule has 6 aromatic carbocycles. The standard InChI is InChI=1S/C50H48O11P2/c51-41-43-39(31-55-47(59-43)33-19-7-1-8-20-33)57-49(45(41)62(53,35-23-11-3-12-24-35)36-25-13-4-14-26-36)61-50-46(63(54,37-27-15-5-16-28-37)38-29-17-6-18-30-38)42(52)44-40(58-50)32-56-48(60-44)34-21-9-2-10-22-34/h1-30,39-52H,31-32H2/t39-,40-,41-,42-,43-,44-,45+,46+,47?,48?,49-,50-/m1/s1. The first-order chi connectivity index (χ1) is 30.8. The van der Waals surface area contributed by atoms with Crippen LogP contribution in [0.3, 0.4) is 0 Å². The molecule has 0 amide bonds. The van der Waals surface area contributed by atoms with Gasteiger partial charge in [0.1, 0.15) is 35.7 Å². The third-order valence-corrected chi connectivity index (χ3v) is 19.5. The van der Waals surface area contributed by atoms with Gasteiger partial charge in [0.2, 0.25) is 0 Å². The normalized spacial score (nSPS) is 31.0. The van der Waals surface area contributed by atoms with Crippen molar-refractivity contribution in [2.75, 3.05) is 13.2 Å². The molecule has 4 saturated heterocycles. The number of benzene rings is 6. The minimum Gasteiger partial charge on any atom is -0.389 e. The Kier molecular flexibility index (Phi) is 12.2. The van der Waals surface area contributed by atoms with Crippen molar-refractivity contribution in [1.82, 2.24) is 0 Å². The van der Waals surface area contributed by atoms with Gasteiger partial charge in [-0.05, 0) is 0 Å². The van der Waals surface area contributed by atoms with Crippen molar-refractivity contribution in [3.05, 3.63) is 193 Å². The Bertz CT molecular complexity index is 2260. The molecule has 4 aliphatic rings. The largest absolute Gasteiger partial charge is 0.389 e. The van der Waals surface area contributed by atoms with Gasteiger partial charge in [-0.1, -0.05) is 182 Å². The molecule has 0 aromatic heterocycles. The van der Waals surface area contributed by atoms with Crippen LogP contribution >= 0.6 is 14.3 Å². The van der Waals surface area contributed by atoms with Gasteiger partial charge in [-0.2, -0.15) is 0 Å². The molecule has 63 heavy (non-hydrogen) atoms. The molecule has 12 atom stereocenters. The first-order valence-corrected chi connectivity index (χ1v) is 24.8. The summed E-state index contributed by atoms with van der Waals surface area (Å²) in [5, 5.41) is 27.5. The highest BCUT2D eigenvalue weighted by atomic mass is 31.2. The van der Waals surface area contributed by atoms with Crippen LogP contribution in [0.5, 0.6) is 0 Å². The van der Waals surface area contributed by atoms with Crippen LogP contribution in [0, 0.1) is 0 Å². The molecular formula is C50H48O11P2. The molecule has 0 aliphatic carbocycles. The van der Waals surface area contributed by atoms with Gasteiger partial charge in [-0.3, -0.25) is 0 Å². The number of fused-ring (bicyclic) bond motifs is 2. The minimum absolute atomic E-state index is 0.00615. The molecule has 4 fully saturated rings. The lowest BCUT2D eigenvalue weighted by atomic mass is 9.98. The van der Waals surface area contributed by atoms with Crippen molar-refractivity contribution in [1.29, 1.82) is 0 Å². The molecule has 0 spiro atoms. The van der Waals surface area contributed by atoms with Crippen LogP contribution in [-0.2, 0) is 42.3 Å². The Morgan fingerprint density at radius 1 is 0.413 bits per heavy atom. The molecule has 13 heteroatoms. The molecule has 0 saturated carbocycles. The van der Waals surface area contributed by atoms with Crippen LogP contribution in [0.2, 0.25) is 0 Å². The Morgan fingerprint density at radius 2 is 0.698 bits per heavy atom. The minimum atomic E-state index is -3.95. The second kappa shape index (κ2) is 18.1. The maximum atomic E-state index is 16.5. The van der Waals surface area contributed by atoms with Crippen LogP contribution in [0.25, 0.3) is 0 Å². The lowest BCUT2D eigenvalue weighted by Crippen LogP contribution is -2.67. The lowest BCUT2D eigenvalue weighted by Gasteiger charge is -2.53. The summed E-state index contributed by atoms with van der Waals surface area (Å²) in [5.74, 6) is 0. The third kappa shape index (κ3) is 7.90. The van der Waals surface area contributed by atoms with Crippen LogP contribution in [0.15, 0.2) is 182 Å². The van der Waals surface area contributed by atoms with E-state index in [9.17, 15) is 10.2 Å². The molecule has 4 aliphatic heterocycles. The van der Waals surface area contributed by atoms with Gasteiger partial charge in [-0.25, -0.2) is 0 Å². The first kappa shape index (κ1) is 42.4. The smallest absolute Gasteiger partial charge is 0.184 e. The monoisotopic (exact) mass is 886 g/mol. The van der Waals surface area contributed by atoms with Crippen LogP contribution in [0.4, 0.5) is 0 Å². The van der Waals surface area contributed by atoms with E-state index in [0.717, 1.165) is 11.1 Å². The quantitative estimate of drug-likeness (QED) is 0.153. The van der Waals surface area contributed by atoms with E-state index in [-0.39, 0.29) is 13.2 Å². The van der Waals surface area contributed by atoms with Crippen LogP contribution in [0.1, 0.15) is 23.7 Å². The van der Waals surface area contributed by atoms with Crippen LogP contribution in [-0.4, -0.2) is 83.9 Å². The summed E-state index contributed by atoms with van der Waals surface area (Å²) < 4.78 is 79.1. The predicted molar refractivity (Wildman–Crippen MR) is 238 cm³/mol. The Morgan fingerprint density at radius 3 is 1.00 bits per heavy atom. The van der Waals surface area contributed by atoms with E-state index in [0.29, 0.717) is 21.2 Å². The zero-order chi connectivity index (χ0) is 43.0. The summed E-state index contributed by atoms with van der Waals surface area (Å²) in [6.45, 7) is 0.0123. The molecule has 2 N–H and O–H groups in total. The molecule has 4 heterocycles. The highest BCUT2D eigenvalue weighted by Gasteiger charge is 2.61. The second-order valence-electron chi connectivity index (χ2n) is 16.2. The molecule has 2 unspecified atom stereocenters. The van der Waals surface area contributed by atoms with E-state index in [1.54, 1.807) is 97.1 Å². The van der Waals surface area contributed by atoms with Gasteiger partial charge in [0.25, 0.3) is 0 Å². The maximum Gasteiger partial charge on any atom is 0.184 e. The van der Waals surface area contributed by atoms with E-state index >= 15 is 9.13 Å². The van der Waals surface area contributed by atoms with Gasteiger partial charge >= 0.3 is 0 Å². The number of rotatable bonds is 10. The topological polar surface area (TPSA) is 139 Å². The van der Waals surface area contributed by atoms with E-state index < -0.39 is 87.4 Å². The Labute approximate surface area is 366 Å². The van der Waals surface area contributed by atoms with Crippen LogP contribution < -0.4 is 21.2 Å². The zero-order valence-electron chi connectivity index (χ0n) is 34.1. The van der Waals surface area contributed by atoms with Gasteiger partial charge in [0.05, 0.1) is 25.4 Å². The summed E-state index contributed by atoms with van der Waals surface area (Å²) >= 11 is 0. The Balaban J connectivity index is 1.10. The number of aliphatic hydroxyl groups excluding tert-OH is 2. The summed E-state index contributed by atoms with van der Waals surface area (Å²) in [5.41, 5.74) is -1.10. The SMILES string of the molecule is O=P(c1ccccc1)(c1ccccc1)[C@@H]1[C@@H](O[C@H]2O[C@@H]3COC(c4ccccc4)O[C@H]3[C@@H](O)[C@@H]2P(=O)(c2ccccc2)c2ccccc2)O[C@@H]2COC(c3ccccc3)O[C@H]2[C@H]1O.